The fourth-order valence-corrected chi connectivity index (χ4v) is 5.17. The number of primary amides is 1. The second-order valence-electron chi connectivity index (χ2n) is 10.3. The maximum Gasteiger partial charge on any atom is 0.243 e. The fraction of sp³-hybridized carbons (Fsp3) is 0.433. The van der Waals surface area contributed by atoms with Crippen molar-refractivity contribution in [3.63, 3.8) is 0 Å². The Kier molecular flexibility index (Phi) is 11.5. The summed E-state index contributed by atoms with van der Waals surface area (Å²) >= 11 is 0. The molecule has 1 aliphatic rings. The summed E-state index contributed by atoms with van der Waals surface area (Å²) in [5.74, 6) is -2.01. The summed E-state index contributed by atoms with van der Waals surface area (Å²) < 4.78 is 0. The van der Waals surface area contributed by atoms with Crippen LogP contribution in [0, 0.1) is 17.2 Å². The van der Waals surface area contributed by atoms with Crippen LogP contribution in [0.4, 0.5) is 0 Å². The molecule has 1 unspecified atom stereocenters. The van der Waals surface area contributed by atoms with Crippen LogP contribution in [-0.2, 0) is 20.8 Å². The van der Waals surface area contributed by atoms with Crippen molar-refractivity contribution in [3.8, 4) is 6.07 Å². The fourth-order valence-electron chi connectivity index (χ4n) is 5.17. The van der Waals surface area contributed by atoms with E-state index < -0.39 is 29.8 Å². The molecule has 0 aromatic heterocycles. The zero-order valence-corrected chi connectivity index (χ0v) is 22.7. The lowest BCUT2D eigenvalue weighted by molar-refractivity contribution is -0.133. The molecule has 0 aliphatic heterocycles. The molecule has 1 fully saturated rings. The van der Waals surface area contributed by atoms with Gasteiger partial charge in [-0.3, -0.25) is 19.4 Å². The average Bonchev–Trinajstić information content (AvgIpc) is 2.97. The number of nitriles is 1. The molecular formula is C30H39N7O3. The summed E-state index contributed by atoms with van der Waals surface area (Å²) in [7, 11) is 0. The average molecular weight is 546 g/mol. The van der Waals surface area contributed by atoms with Gasteiger partial charge in [-0.25, -0.2) is 0 Å². The van der Waals surface area contributed by atoms with Gasteiger partial charge in [0.25, 0.3) is 0 Å². The predicted octanol–water partition coefficient (Wildman–Crippen LogP) is 1.97. The Hall–Kier alpha value is -4.39. The third-order valence-electron chi connectivity index (χ3n) is 7.35. The number of rotatable bonds is 13. The van der Waals surface area contributed by atoms with E-state index in [1.54, 1.807) is 12.1 Å². The van der Waals surface area contributed by atoms with Crippen molar-refractivity contribution in [3.05, 3.63) is 71.3 Å². The number of benzene rings is 2. The minimum atomic E-state index is -0.909. The number of nitrogens with one attached hydrogen (secondary N) is 2. The Morgan fingerprint density at radius 1 is 0.925 bits per heavy atom. The normalized spacial score (nSPS) is 15.6. The lowest BCUT2D eigenvalue weighted by atomic mass is 9.82. The molecule has 0 heterocycles. The molecule has 3 rings (SSSR count). The summed E-state index contributed by atoms with van der Waals surface area (Å²) in [5.41, 5.74) is 18.6. The van der Waals surface area contributed by atoms with Crippen LogP contribution in [0.5, 0.6) is 0 Å². The highest BCUT2D eigenvalue weighted by Crippen LogP contribution is 2.28. The van der Waals surface area contributed by atoms with Crippen LogP contribution >= 0.6 is 0 Å². The highest BCUT2D eigenvalue weighted by Gasteiger charge is 2.34. The van der Waals surface area contributed by atoms with Crippen LogP contribution in [0.2, 0.25) is 0 Å². The number of aliphatic imine (C=N–C) groups is 1. The number of nitrogens with zero attached hydrogens (tertiary/aromatic N) is 2. The van der Waals surface area contributed by atoms with Gasteiger partial charge in [-0.2, -0.15) is 5.26 Å². The topological polar surface area (TPSA) is 189 Å². The first-order chi connectivity index (χ1) is 19.3. The van der Waals surface area contributed by atoms with Crippen LogP contribution in [0.15, 0.2) is 59.6 Å². The van der Waals surface area contributed by atoms with Gasteiger partial charge in [-0.05, 0) is 61.3 Å². The van der Waals surface area contributed by atoms with E-state index in [2.05, 4.69) is 21.7 Å². The first-order valence-electron chi connectivity index (χ1n) is 13.8. The number of guanidine groups is 1. The Bertz CT molecular complexity index is 1200. The van der Waals surface area contributed by atoms with Crippen molar-refractivity contribution in [2.45, 2.75) is 69.4 Å². The minimum absolute atomic E-state index is 0.0475. The van der Waals surface area contributed by atoms with Crippen molar-refractivity contribution >= 4 is 23.7 Å². The standard InChI is InChI=1S/C30H39N7O3/c31-19-21-15-13-20(14-16-21)18-24(22-8-3-1-4-9-22)28(39)37-26(23-10-5-2-6-11-23)29(40)36-25(27(32)38)12-7-17-35-30(33)34/h1,3-4,8-9,13-16,23-26H,2,5-7,10-12,17-18H2,(H2,32,38)(H,36,40)(H,37,39)(H4,33,34,35)/t24?,25-,26-/m0/s1. The van der Waals surface area contributed by atoms with Gasteiger partial charge < -0.3 is 27.8 Å². The molecule has 0 saturated heterocycles. The summed E-state index contributed by atoms with van der Waals surface area (Å²) in [4.78, 5) is 43.5. The predicted molar refractivity (Wildman–Crippen MR) is 154 cm³/mol. The Morgan fingerprint density at radius 2 is 1.60 bits per heavy atom. The van der Waals surface area contributed by atoms with Crippen LogP contribution in [0.3, 0.4) is 0 Å². The molecule has 0 spiro atoms. The van der Waals surface area contributed by atoms with Gasteiger partial charge >= 0.3 is 0 Å². The van der Waals surface area contributed by atoms with E-state index in [9.17, 15) is 14.4 Å². The first kappa shape index (κ1) is 30.2. The monoisotopic (exact) mass is 545 g/mol. The number of hydrogen-bond donors (Lipinski definition) is 5. The van der Waals surface area contributed by atoms with E-state index in [0.717, 1.165) is 43.2 Å². The Labute approximate surface area is 235 Å². The van der Waals surface area contributed by atoms with Crippen molar-refractivity contribution in [2.24, 2.45) is 28.1 Å². The van der Waals surface area contributed by atoms with Crippen molar-refractivity contribution in [1.29, 1.82) is 5.26 Å². The van der Waals surface area contributed by atoms with Crippen molar-refractivity contribution in [1.82, 2.24) is 10.6 Å². The highest BCUT2D eigenvalue weighted by molar-refractivity contribution is 5.93. The lowest BCUT2D eigenvalue weighted by Gasteiger charge is -2.32. The van der Waals surface area contributed by atoms with Crippen molar-refractivity contribution in [2.75, 3.05) is 6.54 Å². The smallest absolute Gasteiger partial charge is 0.243 e. The molecule has 212 valence electrons. The molecule has 0 radical (unpaired) electrons. The Balaban J connectivity index is 1.81. The molecule has 2 aromatic carbocycles. The summed E-state index contributed by atoms with van der Waals surface area (Å²) in [6, 6.07) is 16.9. The van der Waals surface area contributed by atoms with Crippen molar-refractivity contribution < 1.29 is 14.4 Å². The van der Waals surface area contributed by atoms with E-state index in [1.165, 1.54) is 0 Å². The zero-order chi connectivity index (χ0) is 28.9. The van der Waals surface area contributed by atoms with E-state index in [4.69, 9.17) is 22.5 Å². The number of hydrogen-bond acceptors (Lipinski definition) is 5. The van der Waals surface area contributed by atoms with E-state index in [1.807, 2.05) is 42.5 Å². The maximum absolute atomic E-state index is 13.8. The largest absolute Gasteiger partial charge is 0.370 e. The minimum Gasteiger partial charge on any atom is -0.370 e. The Morgan fingerprint density at radius 3 is 2.20 bits per heavy atom. The molecule has 40 heavy (non-hydrogen) atoms. The van der Waals surface area contributed by atoms with Gasteiger partial charge in [-0.1, -0.05) is 61.7 Å². The second-order valence-corrected chi connectivity index (χ2v) is 10.3. The molecule has 10 heteroatoms. The maximum atomic E-state index is 13.8. The van der Waals surface area contributed by atoms with Gasteiger partial charge in [0, 0.05) is 6.54 Å². The van der Waals surface area contributed by atoms with E-state index >= 15 is 0 Å². The van der Waals surface area contributed by atoms with Crippen LogP contribution < -0.4 is 27.8 Å². The highest BCUT2D eigenvalue weighted by atomic mass is 16.2. The molecule has 0 bridgehead atoms. The molecule has 2 aromatic rings. The number of carbonyl (C=O) groups excluding carboxylic acids is 3. The summed E-state index contributed by atoms with van der Waals surface area (Å²) in [5, 5.41) is 15.0. The number of carbonyl (C=O) groups is 3. The van der Waals surface area contributed by atoms with Crippen LogP contribution in [0.1, 0.15) is 67.6 Å². The number of amides is 3. The van der Waals surface area contributed by atoms with Gasteiger partial charge in [0.15, 0.2) is 5.96 Å². The van der Waals surface area contributed by atoms with E-state index in [0.29, 0.717) is 24.9 Å². The van der Waals surface area contributed by atoms with Gasteiger partial charge in [0.2, 0.25) is 17.7 Å². The van der Waals surface area contributed by atoms with Gasteiger partial charge in [-0.15, -0.1) is 0 Å². The molecule has 1 saturated carbocycles. The SMILES string of the molecule is N#Cc1ccc(CC(C(=O)N[C@H](C(=O)N[C@@H](CCCN=C(N)N)C(N)=O)C2CCCCC2)c2ccccc2)cc1. The third-order valence-corrected chi connectivity index (χ3v) is 7.35. The first-order valence-corrected chi connectivity index (χ1v) is 13.8. The summed E-state index contributed by atoms with van der Waals surface area (Å²) in [6.07, 6.45) is 5.74. The third kappa shape index (κ3) is 9.12. The van der Waals surface area contributed by atoms with Gasteiger partial charge in [0.05, 0.1) is 17.6 Å². The zero-order valence-electron chi connectivity index (χ0n) is 22.7. The lowest BCUT2D eigenvalue weighted by Crippen LogP contribution is -2.56. The molecule has 3 atom stereocenters. The molecule has 10 nitrogen and oxygen atoms in total. The van der Waals surface area contributed by atoms with Gasteiger partial charge in [0.1, 0.15) is 12.1 Å². The number of nitrogens with two attached hydrogens (primary N) is 3. The molecule has 3 amide bonds. The molecular weight excluding hydrogens is 506 g/mol. The second kappa shape index (κ2) is 15.3. The molecule has 1 aliphatic carbocycles. The molecule has 8 N–H and O–H groups in total. The summed E-state index contributed by atoms with van der Waals surface area (Å²) in [6.45, 7) is 0.304. The van der Waals surface area contributed by atoms with E-state index in [-0.39, 0.29) is 24.2 Å². The quantitative estimate of drug-likeness (QED) is 0.145. The van der Waals surface area contributed by atoms with Crippen LogP contribution in [-0.4, -0.2) is 42.3 Å². The van der Waals surface area contributed by atoms with Crippen LogP contribution in [0.25, 0.3) is 0 Å².